The molecule has 0 nitrogen and oxygen atoms in total. The molecular formula is C18H22. The van der Waals surface area contributed by atoms with E-state index < -0.39 is 0 Å². The Morgan fingerprint density at radius 3 is 2.72 bits per heavy atom. The molecule has 2 aliphatic carbocycles. The van der Waals surface area contributed by atoms with Gasteiger partial charge < -0.3 is 0 Å². The SMILES string of the molecule is C1=CCC=C2CCCc3ccccc3C2=C1.CC. The Morgan fingerprint density at radius 2 is 1.83 bits per heavy atom. The van der Waals surface area contributed by atoms with Gasteiger partial charge in [-0.2, -0.15) is 0 Å². The molecule has 3 rings (SSSR count). The average Bonchev–Trinajstić information content (AvgIpc) is 2.75. The average molecular weight is 238 g/mol. The largest absolute Gasteiger partial charge is 0.0807 e. The lowest BCUT2D eigenvalue weighted by Gasteiger charge is -2.10. The third-order valence-corrected chi connectivity index (χ3v) is 3.45. The second-order valence-electron chi connectivity index (χ2n) is 4.48. The zero-order valence-electron chi connectivity index (χ0n) is 11.4. The standard InChI is InChI=1S/C16H16.C2H6/c1-2-7-13-9-6-10-14-8-4-5-12-16(14)15(13)11-3-1;1-2/h1,3-5,7-8,11-12H,2,6,9-10H2;1-2H3. The number of hydrogen-bond donors (Lipinski definition) is 0. The normalized spacial score (nSPS) is 17.0. The Labute approximate surface area is 111 Å². The molecule has 0 heteroatoms. The molecule has 0 spiro atoms. The molecule has 0 unspecified atom stereocenters. The molecule has 0 saturated heterocycles. The number of hydrogen-bond acceptors (Lipinski definition) is 0. The smallest absolute Gasteiger partial charge is 0.0149 e. The molecule has 0 saturated carbocycles. The van der Waals surface area contributed by atoms with Crippen LogP contribution < -0.4 is 0 Å². The highest BCUT2D eigenvalue weighted by molar-refractivity contribution is 5.82. The van der Waals surface area contributed by atoms with Crippen molar-refractivity contribution in [1.82, 2.24) is 0 Å². The van der Waals surface area contributed by atoms with Gasteiger partial charge in [0.25, 0.3) is 0 Å². The molecule has 2 aliphatic rings. The lowest BCUT2D eigenvalue weighted by molar-refractivity contribution is 0.837. The van der Waals surface area contributed by atoms with Gasteiger partial charge >= 0.3 is 0 Å². The molecule has 0 aromatic heterocycles. The van der Waals surface area contributed by atoms with E-state index in [-0.39, 0.29) is 0 Å². The Kier molecular flexibility index (Phi) is 4.58. The van der Waals surface area contributed by atoms with Crippen LogP contribution in [0.5, 0.6) is 0 Å². The van der Waals surface area contributed by atoms with Crippen LogP contribution in [0.1, 0.15) is 44.2 Å². The Bertz CT molecular complexity index is 487. The first-order chi connectivity index (χ1) is 8.95. The van der Waals surface area contributed by atoms with Gasteiger partial charge in [-0.05, 0) is 48.0 Å². The summed E-state index contributed by atoms with van der Waals surface area (Å²) in [6.45, 7) is 4.00. The first kappa shape index (κ1) is 12.9. The summed E-state index contributed by atoms with van der Waals surface area (Å²) < 4.78 is 0. The molecule has 18 heavy (non-hydrogen) atoms. The minimum absolute atomic E-state index is 1.08. The number of benzene rings is 1. The lowest BCUT2D eigenvalue weighted by atomic mass is 9.95. The Balaban J connectivity index is 0.000000574. The van der Waals surface area contributed by atoms with Gasteiger partial charge in [-0.25, -0.2) is 0 Å². The molecule has 1 aromatic carbocycles. The molecule has 1 aromatic rings. The van der Waals surface area contributed by atoms with E-state index in [4.69, 9.17) is 0 Å². The van der Waals surface area contributed by atoms with Crippen molar-refractivity contribution in [1.29, 1.82) is 0 Å². The predicted molar refractivity (Wildman–Crippen MR) is 80.5 cm³/mol. The van der Waals surface area contributed by atoms with E-state index in [0.717, 1.165) is 6.42 Å². The summed E-state index contributed by atoms with van der Waals surface area (Å²) in [4.78, 5) is 0. The van der Waals surface area contributed by atoms with E-state index in [0.29, 0.717) is 0 Å². The van der Waals surface area contributed by atoms with Crippen molar-refractivity contribution in [3.63, 3.8) is 0 Å². The molecule has 0 heterocycles. The summed E-state index contributed by atoms with van der Waals surface area (Å²) in [5.74, 6) is 0. The van der Waals surface area contributed by atoms with Crippen LogP contribution in [-0.2, 0) is 6.42 Å². The van der Waals surface area contributed by atoms with Crippen molar-refractivity contribution >= 4 is 5.57 Å². The van der Waals surface area contributed by atoms with Crippen LogP contribution in [0.2, 0.25) is 0 Å². The van der Waals surface area contributed by atoms with Crippen molar-refractivity contribution in [3.8, 4) is 0 Å². The van der Waals surface area contributed by atoms with Gasteiger partial charge in [0, 0.05) is 0 Å². The molecule has 0 amide bonds. The van der Waals surface area contributed by atoms with Crippen molar-refractivity contribution in [3.05, 3.63) is 65.3 Å². The number of fused-ring (bicyclic) bond motifs is 3. The van der Waals surface area contributed by atoms with Gasteiger partial charge in [-0.15, -0.1) is 0 Å². The van der Waals surface area contributed by atoms with Crippen LogP contribution in [0, 0.1) is 0 Å². The second-order valence-corrected chi connectivity index (χ2v) is 4.48. The zero-order chi connectivity index (χ0) is 12.8. The fourth-order valence-corrected chi connectivity index (χ4v) is 2.64. The van der Waals surface area contributed by atoms with E-state index in [1.807, 2.05) is 13.8 Å². The highest BCUT2D eigenvalue weighted by Crippen LogP contribution is 2.34. The maximum Gasteiger partial charge on any atom is -0.0149 e. The Morgan fingerprint density at radius 1 is 1.00 bits per heavy atom. The Hall–Kier alpha value is -1.56. The summed E-state index contributed by atoms with van der Waals surface area (Å²) in [7, 11) is 0. The predicted octanol–water partition coefficient (Wildman–Crippen LogP) is 5.32. The van der Waals surface area contributed by atoms with Gasteiger partial charge in [0.05, 0.1) is 0 Å². The van der Waals surface area contributed by atoms with Gasteiger partial charge in [-0.1, -0.05) is 62.4 Å². The van der Waals surface area contributed by atoms with Gasteiger partial charge in [0.1, 0.15) is 0 Å². The molecule has 0 aliphatic heterocycles. The number of rotatable bonds is 0. The number of allylic oxidation sites excluding steroid dienone is 6. The maximum atomic E-state index is 2.39. The highest BCUT2D eigenvalue weighted by Gasteiger charge is 2.15. The fourth-order valence-electron chi connectivity index (χ4n) is 2.64. The second kappa shape index (κ2) is 6.39. The molecule has 0 bridgehead atoms. The summed E-state index contributed by atoms with van der Waals surface area (Å²) in [5.41, 5.74) is 5.93. The van der Waals surface area contributed by atoms with Crippen LogP contribution in [0.25, 0.3) is 5.57 Å². The van der Waals surface area contributed by atoms with Gasteiger partial charge in [-0.3, -0.25) is 0 Å². The minimum Gasteiger partial charge on any atom is -0.0807 e. The summed E-state index contributed by atoms with van der Waals surface area (Å²) in [6, 6.07) is 8.84. The van der Waals surface area contributed by atoms with Gasteiger partial charge in [0.2, 0.25) is 0 Å². The maximum absolute atomic E-state index is 2.39. The topological polar surface area (TPSA) is 0 Å². The summed E-state index contributed by atoms with van der Waals surface area (Å²) in [5, 5.41) is 0. The quantitative estimate of drug-likeness (QED) is 0.574. The molecule has 0 radical (unpaired) electrons. The van der Waals surface area contributed by atoms with Crippen LogP contribution in [0.15, 0.2) is 54.1 Å². The minimum atomic E-state index is 1.08. The van der Waals surface area contributed by atoms with Crippen molar-refractivity contribution < 1.29 is 0 Å². The van der Waals surface area contributed by atoms with Crippen LogP contribution in [0.3, 0.4) is 0 Å². The van der Waals surface area contributed by atoms with Crippen molar-refractivity contribution in [2.45, 2.75) is 39.5 Å². The molecule has 94 valence electrons. The lowest BCUT2D eigenvalue weighted by Crippen LogP contribution is -1.90. The van der Waals surface area contributed by atoms with Crippen molar-refractivity contribution in [2.24, 2.45) is 0 Å². The highest BCUT2D eigenvalue weighted by atomic mass is 14.2. The van der Waals surface area contributed by atoms with E-state index in [2.05, 4.69) is 48.6 Å². The van der Waals surface area contributed by atoms with E-state index >= 15 is 0 Å². The van der Waals surface area contributed by atoms with Crippen molar-refractivity contribution in [2.75, 3.05) is 0 Å². The fraction of sp³-hybridized carbons (Fsp3) is 0.333. The van der Waals surface area contributed by atoms with E-state index in [9.17, 15) is 0 Å². The van der Waals surface area contributed by atoms with Crippen LogP contribution in [0.4, 0.5) is 0 Å². The molecular weight excluding hydrogens is 216 g/mol. The molecule has 0 fully saturated rings. The monoisotopic (exact) mass is 238 g/mol. The first-order valence-electron chi connectivity index (χ1n) is 7.09. The van der Waals surface area contributed by atoms with Crippen LogP contribution in [-0.4, -0.2) is 0 Å². The van der Waals surface area contributed by atoms with Gasteiger partial charge in [0.15, 0.2) is 0 Å². The third kappa shape index (κ3) is 2.64. The number of aryl methyl sites for hydroxylation is 1. The first-order valence-corrected chi connectivity index (χ1v) is 7.09. The van der Waals surface area contributed by atoms with E-state index in [1.54, 1.807) is 0 Å². The van der Waals surface area contributed by atoms with Crippen LogP contribution >= 0.6 is 0 Å². The van der Waals surface area contributed by atoms with E-state index in [1.165, 1.54) is 41.5 Å². The molecule has 0 N–H and O–H groups in total. The summed E-state index contributed by atoms with van der Waals surface area (Å²) >= 11 is 0. The molecule has 0 atom stereocenters. The third-order valence-electron chi connectivity index (χ3n) is 3.45. The summed E-state index contributed by atoms with van der Waals surface area (Å²) in [6.07, 6.45) is 13.9. The zero-order valence-corrected chi connectivity index (χ0v) is 11.4.